The minimum Gasteiger partial charge on any atom is -0.441 e. The van der Waals surface area contributed by atoms with Crippen LogP contribution in [-0.2, 0) is 15.7 Å². The molecule has 31 heavy (non-hydrogen) atoms. The van der Waals surface area contributed by atoms with Crippen LogP contribution in [0.5, 0.6) is 0 Å². The number of hydrogen-bond acceptors (Lipinski definition) is 7. The van der Waals surface area contributed by atoms with E-state index in [2.05, 4.69) is 10.3 Å². The fraction of sp³-hybridized carbons (Fsp3) is 0.526. The van der Waals surface area contributed by atoms with Crippen LogP contribution in [0, 0.1) is 5.41 Å². The molecule has 1 N–H and O–H groups in total. The first-order valence-corrected chi connectivity index (χ1v) is 10.6. The van der Waals surface area contributed by atoms with Gasteiger partial charge in [-0.05, 0) is 6.07 Å². The zero-order valence-corrected chi connectivity index (χ0v) is 17.3. The summed E-state index contributed by atoms with van der Waals surface area (Å²) < 4.78 is 51.2. The van der Waals surface area contributed by atoms with Crippen molar-refractivity contribution >= 4 is 39.4 Å². The third-order valence-electron chi connectivity index (χ3n) is 5.85. The van der Waals surface area contributed by atoms with Crippen LogP contribution in [0.4, 0.5) is 23.8 Å². The van der Waals surface area contributed by atoms with Crippen LogP contribution in [0.25, 0.3) is 10.2 Å². The lowest BCUT2D eigenvalue weighted by molar-refractivity contribution is -0.136. The average molecular weight is 456 g/mol. The average Bonchev–Trinajstić information content (AvgIpc) is 3.04. The van der Waals surface area contributed by atoms with Crippen molar-refractivity contribution in [1.82, 2.24) is 15.2 Å². The Labute approximate surface area is 178 Å². The quantitative estimate of drug-likeness (QED) is 0.764. The number of nitrogens with zero attached hydrogens (tertiary/aromatic N) is 3. The Bertz CT molecular complexity index is 1050. The summed E-state index contributed by atoms with van der Waals surface area (Å²) in [4.78, 5) is 31.9. The van der Waals surface area contributed by atoms with E-state index in [4.69, 9.17) is 9.47 Å². The van der Waals surface area contributed by atoms with Gasteiger partial charge < -0.3 is 24.6 Å². The molecule has 2 amide bonds. The first-order chi connectivity index (χ1) is 14.7. The molecule has 12 heteroatoms. The van der Waals surface area contributed by atoms with Crippen molar-refractivity contribution in [2.75, 3.05) is 51.3 Å². The maximum Gasteiger partial charge on any atom is 0.417 e. The summed E-state index contributed by atoms with van der Waals surface area (Å²) in [7, 11) is 1.42. The number of aromatic nitrogens is 1. The van der Waals surface area contributed by atoms with Crippen molar-refractivity contribution in [2.24, 2.45) is 5.41 Å². The molecule has 1 spiro atoms. The second-order valence-electron chi connectivity index (χ2n) is 8.19. The summed E-state index contributed by atoms with van der Waals surface area (Å²) in [6, 6.07) is 1.04. The van der Waals surface area contributed by atoms with Crippen molar-refractivity contribution in [3.05, 3.63) is 22.6 Å². The number of carbonyl (C=O) groups excluding carboxylic acids is 2. The maximum atomic E-state index is 13.7. The number of halogens is 3. The summed E-state index contributed by atoms with van der Waals surface area (Å²) >= 11 is 0.859. The lowest BCUT2D eigenvalue weighted by atomic mass is 9.73. The fourth-order valence-electron chi connectivity index (χ4n) is 4.18. The molecule has 166 valence electrons. The number of nitrogens with one attached hydrogen (secondary N) is 1. The molecule has 3 saturated heterocycles. The number of alkyl halides is 3. The van der Waals surface area contributed by atoms with Gasteiger partial charge in [0.2, 0.25) is 0 Å². The van der Waals surface area contributed by atoms with Gasteiger partial charge in [0.05, 0.1) is 34.6 Å². The van der Waals surface area contributed by atoms with Crippen molar-refractivity contribution in [1.29, 1.82) is 0 Å². The van der Waals surface area contributed by atoms with Gasteiger partial charge in [-0.2, -0.15) is 13.2 Å². The monoisotopic (exact) mass is 456 g/mol. The van der Waals surface area contributed by atoms with Gasteiger partial charge in [0.15, 0.2) is 6.10 Å². The number of hydrogen-bond donors (Lipinski definition) is 1. The lowest BCUT2D eigenvalue weighted by Gasteiger charge is -2.60. The van der Waals surface area contributed by atoms with Crippen LogP contribution in [0.1, 0.15) is 15.9 Å². The van der Waals surface area contributed by atoms with Crippen molar-refractivity contribution in [3.8, 4) is 0 Å². The summed E-state index contributed by atoms with van der Waals surface area (Å²) in [6.45, 7) is 2.78. The molecule has 0 radical (unpaired) electrons. The number of thiophene rings is 1. The number of likely N-dealkylation sites (tertiary alicyclic amines) is 1. The van der Waals surface area contributed by atoms with Crippen LogP contribution in [0.15, 0.2) is 11.4 Å². The summed E-state index contributed by atoms with van der Waals surface area (Å²) in [5.74, 6) is -0.296. The van der Waals surface area contributed by atoms with E-state index in [9.17, 15) is 22.8 Å². The molecule has 5 heterocycles. The third kappa shape index (κ3) is 3.37. The molecule has 2 aromatic rings. The molecule has 0 aliphatic carbocycles. The van der Waals surface area contributed by atoms with E-state index in [1.165, 1.54) is 12.4 Å². The molecule has 0 bridgehead atoms. The highest BCUT2D eigenvalue weighted by Crippen LogP contribution is 2.45. The largest absolute Gasteiger partial charge is 0.441 e. The number of amides is 2. The molecule has 0 saturated carbocycles. The second kappa shape index (κ2) is 6.95. The zero-order chi connectivity index (χ0) is 22.0. The Morgan fingerprint density at radius 3 is 2.58 bits per heavy atom. The highest BCUT2D eigenvalue weighted by Gasteiger charge is 2.54. The van der Waals surface area contributed by atoms with Crippen molar-refractivity contribution < 1.29 is 32.2 Å². The number of ether oxygens (including phenoxy) is 2. The lowest BCUT2D eigenvalue weighted by Crippen LogP contribution is -2.73. The van der Waals surface area contributed by atoms with Crippen LogP contribution >= 0.6 is 11.3 Å². The van der Waals surface area contributed by atoms with E-state index >= 15 is 0 Å². The third-order valence-corrected chi connectivity index (χ3v) is 6.85. The van der Waals surface area contributed by atoms with Gasteiger partial charge in [-0.25, -0.2) is 9.78 Å². The molecular formula is C19H19F3N4O4S. The van der Waals surface area contributed by atoms with E-state index in [0.29, 0.717) is 39.4 Å². The van der Waals surface area contributed by atoms with Gasteiger partial charge >= 0.3 is 12.3 Å². The number of fused-ring (bicyclic) bond motifs is 1. The molecule has 0 aromatic carbocycles. The minimum atomic E-state index is -4.56. The SMILES string of the molecule is CNC(=O)c1csc2c(C(F)(F)F)cc(N3CC4(CN(C(=O)OC5COC5)C4)C3)nc12. The van der Waals surface area contributed by atoms with E-state index < -0.39 is 17.6 Å². The predicted octanol–water partition coefficient (Wildman–Crippen LogP) is 2.33. The minimum absolute atomic E-state index is 0.0525. The van der Waals surface area contributed by atoms with Crippen molar-refractivity contribution in [3.63, 3.8) is 0 Å². The summed E-state index contributed by atoms with van der Waals surface area (Å²) in [5, 5.41) is 3.84. The van der Waals surface area contributed by atoms with Crippen LogP contribution in [0.3, 0.4) is 0 Å². The Morgan fingerprint density at radius 1 is 1.29 bits per heavy atom. The Morgan fingerprint density at radius 2 is 2.00 bits per heavy atom. The maximum absolute atomic E-state index is 13.7. The van der Waals surface area contributed by atoms with Crippen molar-refractivity contribution in [2.45, 2.75) is 12.3 Å². The highest BCUT2D eigenvalue weighted by molar-refractivity contribution is 7.17. The Kier molecular flexibility index (Phi) is 4.56. The predicted molar refractivity (Wildman–Crippen MR) is 105 cm³/mol. The van der Waals surface area contributed by atoms with Gasteiger partial charge in [-0.3, -0.25) is 4.79 Å². The number of pyridine rings is 1. The van der Waals surface area contributed by atoms with E-state index in [-0.39, 0.29) is 39.2 Å². The molecular weight excluding hydrogens is 437 g/mol. The fourth-order valence-corrected chi connectivity index (χ4v) is 5.20. The van der Waals surface area contributed by atoms with E-state index in [1.807, 2.05) is 0 Å². The van der Waals surface area contributed by atoms with Crippen LogP contribution < -0.4 is 10.2 Å². The van der Waals surface area contributed by atoms with Gasteiger partial charge in [0, 0.05) is 44.0 Å². The Hall–Kier alpha value is -2.60. The van der Waals surface area contributed by atoms with Gasteiger partial charge in [0.25, 0.3) is 5.91 Å². The molecule has 3 fully saturated rings. The highest BCUT2D eigenvalue weighted by atomic mass is 32.1. The topological polar surface area (TPSA) is 84.0 Å². The standard InChI is InChI=1S/C19H19F3N4O4S/c1-23-16(27)11-5-31-15-12(19(20,21)22)2-13(24-14(11)15)25-6-18(7-25)8-26(9-18)17(28)30-10-3-29-4-10/h2,5,10H,3-4,6-9H2,1H3,(H,23,27). The van der Waals surface area contributed by atoms with Gasteiger partial charge in [-0.1, -0.05) is 0 Å². The number of anilines is 1. The first-order valence-electron chi connectivity index (χ1n) is 9.69. The number of rotatable bonds is 3. The second-order valence-corrected chi connectivity index (χ2v) is 9.07. The Balaban J connectivity index is 1.33. The van der Waals surface area contributed by atoms with Gasteiger partial charge in [-0.15, -0.1) is 11.3 Å². The number of carbonyl (C=O) groups is 2. The van der Waals surface area contributed by atoms with Crippen LogP contribution in [-0.4, -0.2) is 74.4 Å². The van der Waals surface area contributed by atoms with Crippen LogP contribution in [0.2, 0.25) is 0 Å². The summed E-state index contributed by atoms with van der Waals surface area (Å²) in [5.41, 5.74) is -0.781. The zero-order valence-electron chi connectivity index (χ0n) is 16.5. The molecule has 8 nitrogen and oxygen atoms in total. The molecule has 3 aliphatic heterocycles. The smallest absolute Gasteiger partial charge is 0.417 e. The molecule has 0 unspecified atom stereocenters. The van der Waals surface area contributed by atoms with E-state index in [0.717, 1.165) is 17.4 Å². The first kappa shape index (κ1) is 20.3. The molecule has 0 atom stereocenters. The molecule has 5 rings (SSSR count). The summed E-state index contributed by atoms with van der Waals surface area (Å²) in [6.07, 6.45) is -5.14. The molecule has 3 aliphatic rings. The molecule has 2 aromatic heterocycles. The normalized spacial score (nSPS) is 20.3. The van der Waals surface area contributed by atoms with E-state index in [1.54, 1.807) is 9.80 Å². The van der Waals surface area contributed by atoms with Gasteiger partial charge in [0.1, 0.15) is 5.82 Å².